The van der Waals surface area contributed by atoms with Crippen LogP contribution >= 0.6 is 0 Å². The molecule has 1 aromatic heterocycles. The molecule has 0 spiro atoms. The number of nitrogens with zero attached hydrogens (tertiary/aromatic N) is 1. The maximum atomic E-state index is 12.7. The van der Waals surface area contributed by atoms with Crippen LogP contribution in [0.2, 0.25) is 0 Å². The topological polar surface area (TPSA) is 57.2 Å². The van der Waals surface area contributed by atoms with Crippen molar-refractivity contribution in [2.45, 2.75) is 11.8 Å². The molecule has 4 nitrogen and oxygen atoms in total. The van der Waals surface area contributed by atoms with Crippen molar-refractivity contribution in [3.05, 3.63) is 95.8 Å². The molecular weight excluding hydrogens is 310 g/mol. The maximum absolute atomic E-state index is 12.7. The van der Waals surface area contributed by atoms with Gasteiger partial charge in [0.15, 0.2) is 0 Å². The second-order valence-corrected chi connectivity index (χ2v) is 6.32. The molecular formula is C21H19N3O. The van der Waals surface area contributed by atoms with Crippen LogP contribution in [0.4, 0.5) is 0 Å². The highest BCUT2D eigenvalue weighted by molar-refractivity contribution is 5.87. The molecule has 0 bridgehead atoms. The lowest BCUT2D eigenvalue weighted by atomic mass is 9.85. The lowest BCUT2D eigenvalue weighted by Crippen LogP contribution is -2.25. The zero-order valence-corrected chi connectivity index (χ0v) is 13.7. The van der Waals surface area contributed by atoms with E-state index in [-0.39, 0.29) is 17.2 Å². The summed E-state index contributed by atoms with van der Waals surface area (Å²) in [4.78, 5) is 15.7. The Labute approximate surface area is 146 Å². The van der Waals surface area contributed by atoms with Gasteiger partial charge in [0.05, 0.1) is 17.8 Å². The van der Waals surface area contributed by atoms with Gasteiger partial charge in [-0.2, -0.15) is 5.10 Å². The van der Waals surface area contributed by atoms with Crippen LogP contribution in [0.1, 0.15) is 23.2 Å². The largest absolute Gasteiger partial charge is 0.360 e. The molecule has 1 atom stereocenters. The Morgan fingerprint density at radius 1 is 1.00 bits per heavy atom. The van der Waals surface area contributed by atoms with Gasteiger partial charge in [0.25, 0.3) is 0 Å². The molecule has 1 aliphatic carbocycles. The minimum atomic E-state index is -0.255. The Balaban J connectivity index is 1.57. The summed E-state index contributed by atoms with van der Waals surface area (Å²) in [6.07, 6.45) is 4.23. The number of hydrogen-bond donors (Lipinski definition) is 2. The first-order valence-corrected chi connectivity index (χ1v) is 8.38. The maximum Gasteiger partial charge on any atom is 0.244 e. The summed E-state index contributed by atoms with van der Waals surface area (Å²) in [5, 5.41) is 4.07. The summed E-state index contributed by atoms with van der Waals surface area (Å²) in [7, 11) is 0. The second kappa shape index (κ2) is 6.40. The smallest absolute Gasteiger partial charge is 0.244 e. The predicted octanol–water partition coefficient (Wildman–Crippen LogP) is 3.47. The summed E-state index contributed by atoms with van der Waals surface area (Å²) in [6.45, 7) is 0. The van der Waals surface area contributed by atoms with E-state index in [1.807, 2.05) is 54.7 Å². The average Bonchev–Trinajstić information content (AvgIpc) is 3.23. The van der Waals surface area contributed by atoms with Gasteiger partial charge in [-0.3, -0.25) is 4.79 Å². The number of hydrogen-bond acceptors (Lipinski definition) is 2. The molecule has 0 saturated heterocycles. The highest BCUT2D eigenvalue weighted by atomic mass is 16.2. The van der Waals surface area contributed by atoms with E-state index in [0.717, 1.165) is 12.1 Å². The Kier molecular flexibility index (Phi) is 3.94. The molecule has 2 N–H and O–H groups in total. The van der Waals surface area contributed by atoms with Crippen LogP contribution < -0.4 is 5.43 Å². The third-order valence-electron chi connectivity index (χ3n) is 4.86. The molecule has 1 aliphatic rings. The number of nitrogens with one attached hydrogen (secondary N) is 2. The van der Waals surface area contributed by atoms with Crippen molar-refractivity contribution < 1.29 is 4.79 Å². The van der Waals surface area contributed by atoms with E-state index < -0.39 is 0 Å². The lowest BCUT2D eigenvalue weighted by molar-refractivity contribution is -0.122. The SMILES string of the molecule is O=C(N/N=C/c1ccc[nH]1)C1CC1(c1ccccc1)c1ccccc1. The number of aromatic nitrogens is 1. The van der Waals surface area contributed by atoms with Crippen molar-refractivity contribution in [3.8, 4) is 0 Å². The van der Waals surface area contributed by atoms with E-state index >= 15 is 0 Å². The van der Waals surface area contributed by atoms with E-state index in [1.54, 1.807) is 6.21 Å². The highest BCUT2D eigenvalue weighted by Gasteiger charge is 2.60. The van der Waals surface area contributed by atoms with Crippen LogP contribution in [0.25, 0.3) is 0 Å². The zero-order chi connectivity index (χ0) is 17.1. The molecule has 25 heavy (non-hydrogen) atoms. The monoisotopic (exact) mass is 329 g/mol. The first kappa shape index (κ1) is 15.4. The Hall–Kier alpha value is -3.14. The first-order chi connectivity index (χ1) is 12.3. The second-order valence-electron chi connectivity index (χ2n) is 6.32. The van der Waals surface area contributed by atoms with Crippen LogP contribution in [0.3, 0.4) is 0 Å². The molecule has 124 valence electrons. The van der Waals surface area contributed by atoms with Crippen molar-refractivity contribution in [2.24, 2.45) is 11.0 Å². The summed E-state index contributed by atoms with van der Waals surface area (Å²) >= 11 is 0. The van der Waals surface area contributed by atoms with E-state index in [9.17, 15) is 4.79 Å². The van der Waals surface area contributed by atoms with Crippen molar-refractivity contribution in [2.75, 3.05) is 0 Å². The molecule has 1 amide bonds. The minimum absolute atomic E-state index is 0.0458. The first-order valence-electron chi connectivity index (χ1n) is 8.38. The highest BCUT2D eigenvalue weighted by Crippen LogP contribution is 2.58. The number of amides is 1. The number of H-pyrrole nitrogens is 1. The third kappa shape index (κ3) is 2.87. The predicted molar refractivity (Wildman–Crippen MR) is 98.3 cm³/mol. The Bertz CT molecular complexity index is 831. The molecule has 2 aromatic carbocycles. The molecule has 0 aliphatic heterocycles. The van der Waals surface area contributed by atoms with Gasteiger partial charge in [0.1, 0.15) is 0 Å². The summed E-state index contributed by atoms with van der Waals surface area (Å²) in [6, 6.07) is 24.3. The average molecular weight is 329 g/mol. The van der Waals surface area contributed by atoms with Gasteiger partial charge in [0.2, 0.25) is 5.91 Å². The number of rotatable bonds is 5. The zero-order valence-electron chi connectivity index (χ0n) is 13.7. The van der Waals surface area contributed by atoms with Crippen LogP contribution in [-0.2, 0) is 10.2 Å². The van der Waals surface area contributed by atoms with Crippen molar-refractivity contribution >= 4 is 12.1 Å². The normalized spacial score (nSPS) is 18.2. The van der Waals surface area contributed by atoms with Gasteiger partial charge in [-0.1, -0.05) is 60.7 Å². The molecule has 4 heteroatoms. The summed E-state index contributed by atoms with van der Waals surface area (Å²) in [5.74, 6) is -0.159. The van der Waals surface area contributed by atoms with E-state index in [2.05, 4.69) is 39.8 Å². The molecule has 1 heterocycles. The van der Waals surface area contributed by atoms with Gasteiger partial charge in [0, 0.05) is 11.6 Å². The summed E-state index contributed by atoms with van der Waals surface area (Å²) < 4.78 is 0. The van der Waals surface area contributed by atoms with Crippen LogP contribution in [0.5, 0.6) is 0 Å². The fourth-order valence-corrected chi connectivity index (χ4v) is 3.52. The lowest BCUT2D eigenvalue weighted by Gasteiger charge is -2.18. The number of hydrazone groups is 1. The van der Waals surface area contributed by atoms with Crippen molar-refractivity contribution in [1.29, 1.82) is 0 Å². The van der Waals surface area contributed by atoms with Gasteiger partial charge < -0.3 is 4.98 Å². The molecule has 1 unspecified atom stereocenters. The standard InChI is InChI=1S/C21H19N3O/c25-20(24-23-15-18-12-7-13-22-18)19-14-21(19,16-8-3-1-4-9-16)17-10-5-2-6-11-17/h1-13,15,19,22H,14H2,(H,24,25)/b23-15+. The molecule has 1 fully saturated rings. The molecule has 0 radical (unpaired) electrons. The number of carbonyl (C=O) groups excluding carboxylic acids is 1. The minimum Gasteiger partial charge on any atom is -0.360 e. The van der Waals surface area contributed by atoms with Crippen LogP contribution in [0, 0.1) is 5.92 Å². The van der Waals surface area contributed by atoms with Crippen molar-refractivity contribution in [3.63, 3.8) is 0 Å². The van der Waals surface area contributed by atoms with E-state index in [4.69, 9.17) is 0 Å². The molecule has 4 rings (SSSR count). The Morgan fingerprint density at radius 2 is 1.64 bits per heavy atom. The number of carbonyl (C=O) groups is 1. The van der Waals surface area contributed by atoms with Crippen LogP contribution in [0.15, 0.2) is 84.1 Å². The van der Waals surface area contributed by atoms with Gasteiger partial charge >= 0.3 is 0 Å². The van der Waals surface area contributed by atoms with Gasteiger partial charge in [-0.05, 0) is 29.7 Å². The fraction of sp³-hybridized carbons (Fsp3) is 0.143. The third-order valence-corrected chi connectivity index (χ3v) is 4.86. The molecule has 1 saturated carbocycles. The quantitative estimate of drug-likeness (QED) is 0.546. The Morgan fingerprint density at radius 3 is 2.20 bits per heavy atom. The summed E-state index contributed by atoms with van der Waals surface area (Å²) in [5.41, 5.74) is 5.64. The van der Waals surface area contributed by atoms with E-state index in [0.29, 0.717) is 0 Å². The van der Waals surface area contributed by atoms with Gasteiger partial charge in [-0.15, -0.1) is 0 Å². The number of benzene rings is 2. The molecule has 3 aromatic rings. The van der Waals surface area contributed by atoms with Gasteiger partial charge in [-0.25, -0.2) is 5.43 Å². The number of aromatic amines is 1. The van der Waals surface area contributed by atoms with Crippen LogP contribution in [-0.4, -0.2) is 17.1 Å². The van der Waals surface area contributed by atoms with E-state index in [1.165, 1.54) is 11.1 Å². The van der Waals surface area contributed by atoms with Crippen molar-refractivity contribution in [1.82, 2.24) is 10.4 Å². The fourth-order valence-electron chi connectivity index (χ4n) is 3.52.